The van der Waals surface area contributed by atoms with Crippen molar-refractivity contribution < 1.29 is 46.6 Å². The molecule has 1 aromatic carbocycles. The summed E-state index contributed by atoms with van der Waals surface area (Å²) >= 11 is 0. The lowest BCUT2D eigenvalue weighted by atomic mass is 9.86. The average molecular weight is 729 g/mol. The Balaban J connectivity index is 1.37. The van der Waals surface area contributed by atoms with Gasteiger partial charge >= 0.3 is 18.2 Å². The number of hydrogen-bond donors (Lipinski definition) is 2. The molecule has 1 aliphatic carbocycles. The number of halogens is 3. The molecule has 0 unspecified atom stereocenters. The van der Waals surface area contributed by atoms with Crippen molar-refractivity contribution >= 4 is 34.8 Å². The van der Waals surface area contributed by atoms with Crippen molar-refractivity contribution in [1.29, 1.82) is 0 Å². The number of esters is 1. The third-order valence-electron chi connectivity index (χ3n) is 10.4. The molecule has 4 aliphatic rings. The van der Waals surface area contributed by atoms with Gasteiger partial charge in [0, 0.05) is 23.3 Å². The number of nitrogens with zero attached hydrogens (tertiary/aromatic N) is 2. The Hall–Kier alpha value is -4.36. The van der Waals surface area contributed by atoms with E-state index >= 15 is 0 Å². The molecule has 2 aromatic rings. The van der Waals surface area contributed by atoms with Crippen LogP contribution in [0, 0.1) is 12.8 Å². The minimum atomic E-state index is -4.60. The zero-order valence-electron chi connectivity index (χ0n) is 30.3. The number of aryl methyl sites for hydroxylation is 2. The summed E-state index contributed by atoms with van der Waals surface area (Å²) < 4.78 is 59.4. The molecule has 0 radical (unpaired) electrons. The number of para-hydroxylation sites is 1. The standard InChI is InChI=1S/C38H47F3N4O7/c1-6-50-33(48)37-19-23(37)13-10-8-7-9-11-16-27(43-34(49)52-35(3,4)5)32(47)45-21-36(20-28(45)31(46)44-37)18-17-25-24-14-12-15-26(38(39,40)41)29(24)42-22(2)30(25)51-36/h10,12-15,23,27-28H,6-9,11,16-21H2,1-5H3,(H,43,49)(H,44,46)/b13-10-/t23-,27+,28+,36-,37-/m1/s1. The topological polar surface area (TPSA) is 136 Å². The largest absolute Gasteiger partial charge is 0.483 e. The van der Waals surface area contributed by atoms with Crippen molar-refractivity contribution in [2.45, 2.75) is 127 Å². The molecule has 14 heteroatoms. The molecule has 1 spiro atoms. The second kappa shape index (κ2) is 13.9. The first-order chi connectivity index (χ1) is 24.5. The van der Waals surface area contributed by atoms with E-state index < -0.39 is 64.4 Å². The normalized spacial score (nSPS) is 28.7. The van der Waals surface area contributed by atoms with Crippen molar-refractivity contribution in [2.75, 3.05) is 13.2 Å². The molecular formula is C38H47F3N4O7. The maximum absolute atomic E-state index is 14.6. The van der Waals surface area contributed by atoms with Gasteiger partial charge in [0.15, 0.2) is 0 Å². The van der Waals surface area contributed by atoms with Crippen molar-refractivity contribution in [3.05, 3.63) is 47.2 Å². The quantitative estimate of drug-likeness (QED) is 0.287. The van der Waals surface area contributed by atoms with E-state index in [2.05, 4.69) is 15.6 Å². The van der Waals surface area contributed by atoms with E-state index in [0.29, 0.717) is 48.8 Å². The maximum Gasteiger partial charge on any atom is 0.418 e. The van der Waals surface area contributed by atoms with Crippen molar-refractivity contribution in [3.8, 4) is 5.75 Å². The lowest BCUT2D eigenvalue weighted by Crippen LogP contribution is -2.57. The highest BCUT2D eigenvalue weighted by Gasteiger charge is 2.63. The molecule has 2 fully saturated rings. The molecule has 3 aliphatic heterocycles. The lowest BCUT2D eigenvalue weighted by Gasteiger charge is -2.37. The fourth-order valence-corrected chi connectivity index (χ4v) is 7.84. The molecule has 52 heavy (non-hydrogen) atoms. The number of alkyl halides is 3. The molecular weight excluding hydrogens is 681 g/mol. The van der Waals surface area contributed by atoms with Gasteiger partial charge in [-0.1, -0.05) is 37.1 Å². The first-order valence-corrected chi connectivity index (χ1v) is 18.1. The predicted octanol–water partition coefficient (Wildman–Crippen LogP) is 6.08. The number of carbonyl (C=O) groups excluding carboxylic acids is 4. The molecule has 2 N–H and O–H groups in total. The first-order valence-electron chi connectivity index (χ1n) is 18.1. The number of rotatable bonds is 3. The van der Waals surface area contributed by atoms with E-state index in [4.69, 9.17) is 14.2 Å². The third kappa shape index (κ3) is 7.43. The van der Waals surface area contributed by atoms with Crippen LogP contribution in [-0.2, 0) is 36.5 Å². The minimum Gasteiger partial charge on any atom is -0.483 e. The van der Waals surface area contributed by atoms with Crippen LogP contribution in [0.2, 0.25) is 0 Å². The maximum atomic E-state index is 14.6. The summed E-state index contributed by atoms with van der Waals surface area (Å²) in [5, 5.41) is 6.03. The third-order valence-corrected chi connectivity index (χ3v) is 10.4. The first kappa shape index (κ1) is 37.4. The molecule has 6 rings (SSSR count). The van der Waals surface area contributed by atoms with Crippen LogP contribution in [0.25, 0.3) is 10.9 Å². The number of pyridine rings is 1. The van der Waals surface area contributed by atoms with Crippen LogP contribution < -0.4 is 15.4 Å². The Bertz CT molecular complexity index is 1790. The van der Waals surface area contributed by atoms with Gasteiger partial charge in [0.2, 0.25) is 11.8 Å². The Morgan fingerprint density at radius 1 is 1.13 bits per heavy atom. The number of nitrogens with one attached hydrogen (secondary N) is 2. The predicted molar refractivity (Wildman–Crippen MR) is 184 cm³/mol. The molecule has 11 nitrogen and oxygen atoms in total. The zero-order valence-corrected chi connectivity index (χ0v) is 30.3. The van der Waals surface area contributed by atoms with E-state index in [9.17, 15) is 32.3 Å². The van der Waals surface area contributed by atoms with Gasteiger partial charge in [-0.2, -0.15) is 13.2 Å². The lowest BCUT2D eigenvalue weighted by molar-refractivity contribution is -0.150. The number of allylic oxidation sites excluding steroid dienone is 1. The van der Waals surface area contributed by atoms with Gasteiger partial charge in [-0.25, -0.2) is 14.6 Å². The molecule has 1 aromatic heterocycles. The van der Waals surface area contributed by atoms with E-state index in [0.717, 1.165) is 25.3 Å². The van der Waals surface area contributed by atoms with Crippen LogP contribution in [0.1, 0.15) is 95.9 Å². The molecule has 5 atom stereocenters. The number of fused-ring (bicyclic) bond motifs is 5. The van der Waals surface area contributed by atoms with Gasteiger partial charge < -0.3 is 29.7 Å². The Morgan fingerprint density at radius 2 is 1.90 bits per heavy atom. The number of benzene rings is 1. The van der Waals surface area contributed by atoms with Crippen LogP contribution in [0.5, 0.6) is 5.75 Å². The number of ether oxygens (including phenoxy) is 3. The Labute approximate surface area is 301 Å². The summed E-state index contributed by atoms with van der Waals surface area (Å²) in [5.41, 5.74) is -3.35. The molecule has 0 bridgehead atoms. The van der Waals surface area contributed by atoms with Crippen LogP contribution in [0.3, 0.4) is 0 Å². The molecule has 3 amide bonds. The van der Waals surface area contributed by atoms with Gasteiger partial charge in [-0.05, 0) is 79.2 Å². The highest BCUT2D eigenvalue weighted by atomic mass is 19.4. The van der Waals surface area contributed by atoms with Crippen LogP contribution in [0.15, 0.2) is 30.4 Å². The van der Waals surface area contributed by atoms with Crippen LogP contribution in [-0.4, -0.2) is 75.7 Å². The van der Waals surface area contributed by atoms with Gasteiger partial charge in [0.1, 0.15) is 34.6 Å². The summed E-state index contributed by atoms with van der Waals surface area (Å²) in [5.74, 6) is -1.55. The van der Waals surface area contributed by atoms with E-state index in [1.807, 2.05) is 12.2 Å². The summed E-state index contributed by atoms with van der Waals surface area (Å²) in [4.78, 5) is 61.0. The van der Waals surface area contributed by atoms with Crippen molar-refractivity contribution in [1.82, 2.24) is 20.5 Å². The summed E-state index contributed by atoms with van der Waals surface area (Å²) in [7, 11) is 0. The molecule has 282 valence electrons. The van der Waals surface area contributed by atoms with Gasteiger partial charge in [-0.15, -0.1) is 0 Å². The number of alkyl carbamates (subject to hydrolysis) is 1. The second-order valence-electron chi connectivity index (χ2n) is 15.4. The number of carbonyl (C=O) groups is 4. The number of aromatic nitrogens is 1. The van der Waals surface area contributed by atoms with E-state index in [1.54, 1.807) is 40.7 Å². The van der Waals surface area contributed by atoms with Crippen LogP contribution in [0.4, 0.5) is 18.0 Å². The zero-order chi connectivity index (χ0) is 37.6. The van der Waals surface area contributed by atoms with E-state index in [-0.39, 0.29) is 36.7 Å². The molecule has 4 heterocycles. The summed E-state index contributed by atoms with van der Waals surface area (Å²) in [6.45, 7) is 8.52. The number of amides is 3. The smallest absolute Gasteiger partial charge is 0.418 e. The summed E-state index contributed by atoms with van der Waals surface area (Å²) in [6.07, 6.45) is 2.84. The minimum absolute atomic E-state index is 0.0360. The highest BCUT2D eigenvalue weighted by molar-refractivity contribution is 5.97. The number of hydrogen-bond acceptors (Lipinski definition) is 8. The van der Waals surface area contributed by atoms with Gasteiger partial charge in [0.25, 0.3) is 0 Å². The van der Waals surface area contributed by atoms with Gasteiger partial charge in [-0.3, -0.25) is 9.59 Å². The highest BCUT2D eigenvalue weighted by Crippen LogP contribution is 2.48. The van der Waals surface area contributed by atoms with Crippen molar-refractivity contribution in [3.63, 3.8) is 0 Å². The van der Waals surface area contributed by atoms with Crippen molar-refractivity contribution in [2.24, 2.45) is 5.92 Å². The SMILES string of the molecule is CCOC(=O)[C@@]12C[C@H]1/C=C\CCCCC[C@H](NC(=O)OC(C)(C)C)C(=O)N1C[C@@]3(CCc4c(c(C)nc5c(C(F)(F)F)cccc45)O3)C[C@H]1C(=O)N2. The average Bonchev–Trinajstić information content (AvgIpc) is 3.63. The monoisotopic (exact) mass is 728 g/mol. The second-order valence-corrected chi connectivity index (χ2v) is 15.4. The Morgan fingerprint density at radius 3 is 2.62 bits per heavy atom. The summed E-state index contributed by atoms with van der Waals surface area (Å²) in [6, 6.07) is 1.83. The van der Waals surface area contributed by atoms with Crippen LogP contribution >= 0.6 is 0 Å². The molecule has 1 saturated carbocycles. The Kier molecular flexibility index (Phi) is 9.99. The van der Waals surface area contributed by atoms with E-state index in [1.165, 1.54) is 11.0 Å². The molecule has 1 saturated heterocycles. The fraction of sp³-hybridized carbons (Fsp3) is 0.605. The van der Waals surface area contributed by atoms with Gasteiger partial charge in [0.05, 0.1) is 29.9 Å². The fourth-order valence-electron chi connectivity index (χ4n) is 7.84.